The summed E-state index contributed by atoms with van der Waals surface area (Å²) in [5, 5.41) is 8.67. The molecule has 28 heavy (non-hydrogen) atoms. The van der Waals surface area contributed by atoms with Crippen molar-refractivity contribution in [3.8, 4) is 5.69 Å². The Labute approximate surface area is 165 Å². The SMILES string of the molecule is Cc1ccc(-n2nc(C)c(C(=O)O[C@H](C)C(=O)N3CCCCCC3)n2)c(C)c1. The van der Waals surface area contributed by atoms with Crippen LogP contribution in [0.3, 0.4) is 0 Å². The molecule has 0 radical (unpaired) electrons. The van der Waals surface area contributed by atoms with Crippen LogP contribution in [0.5, 0.6) is 0 Å². The van der Waals surface area contributed by atoms with Crippen LogP contribution < -0.4 is 0 Å². The number of hydrogen-bond donors (Lipinski definition) is 0. The summed E-state index contributed by atoms with van der Waals surface area (Å²) >= 11 is 0. The Hall–Kier alpha value is -2.70. The van der Waals surface area contributed by atoms with Gasteiger partial charge in [-0.1, -0.05) is 30.5 Å². The molecule has 1 aliphatic heterocycles. The van der Waals surface area contributed by atoms with Crippen LogP contribution in [0.1, 0.15) is 59.9 Å². The predicted molar refractivity (Wildman–Crippen MR) is 105 cm³/mol. The summed E-state index contributed by atoms with van der Waals surface area (Å²) in [5.41, 5.74) is 3.57. The van der Waals surface area contributed by atoms with E-state index >= 15 is 0 Å². The van der Waals surface area contributed by atoms with Crippen LogP contribution in [0.15, 0.2) is 18.2 Å². The van der Waals surface area contributed by atoms with Crippen molar-refractivity contribution in [2.75, 3.05) is 13.1 Å². The molecule has 0 spiro atoms. The molecule has 1 aliphatic rings. The third-order valence-electron chi connectivity index (χ3n) is 5.09. The topological polar surface area (TPSA) is 77.3 Å². The van der Waals surface area contributed by atoms with Crippen molar-refractivity contribution in [3.05, 3.63) is 40.7 Å². The zero-order valence-electron chi connectivity index (χ0n) is 17.1. The predicted octanol–water partition coefficient (Wildman–Crippen LogP) is 3.14. The van der Waals surface area contributed by atoms with E-state index in [4.69, 9.17) is 4.74 Å². The molecule has 1 saturated heterocycles. The Bertz CT molecular complexity index is 867. The maximum absolute atomic E-state index is 12.6. The molecule has 3 rings (SSSR count). The van der Waals surface area contributed by atoms with Crippen LogP contribution in [0.4, 0.5) is 0 Å². The fourth-order valence-corrected chi connectivity index (χ4v) is 3.52. The highest BCUT2D eigenvalue weighted by molar-refractivity contribution is 5.91. The van der Waals surface area contributed by atoms with Crippen LogP contribution in [0, 0.1) is 20.8 Å². The van der Waals surface area contributed by atoms with Gasteiger partial charge in [0.2, 0.25) is 0 Å². The molecule has 2 aromatic rings. The minimum atomic E-state index is -0.837. The molecule has 1 fully saturated rings. The first-order valence-corrected chi connectivity index (χ1v) is 9.88. The maximum Gasteiger partial charge on any atom is 0.361 e. The van der Waals surface area contributed by atoms with Crippen molar-refractivity contribution in [1.29, 1.82) is 0 Å². The van der Waals surface area contributed by atoms with Gasteiger partial charge in [-0.05, 0) is 52.2 Å². The summed E-state index contributed by atoms with van der Waals surface area (Å²) in [5.74, 6) is -0.765. The quantitative estimate of drug-likeness (QED) is 0.757. The van der Waals surface area contributed by atoms with E-state index in [1.165, 1.54) is 4.80 Å². The molecule has 0 aliphatic carbocycles. The molecule has 1 aromatic heterocycles. The van der Waals surface area contributed by atoms with E-state index < -0.39 is 12.1 Å². The summed E-state index contributed by atoms with van der Waals surface area (Å²) in [4.78, 5) is 28.5. The number of carbonyl (C=O) groups excluding carboxylic acids is 2. The number of aryl methyl sites for hydroxylation is 3. The van der Waals surface area contributed by atoms with Crippen LogP contribution in [0.25, 0.3) is 5.69 Å². The first kappa shape index (κ1) is 20.0. The summed E-state index contributed by atoms with van der Waals surface area (Å²) in [6.07, 6.45) is 3.43. The van der Waals surface area contributed by atoms with Gasteiger partial charge >= 0.3 is 5.97 Å². The van der Waals surface area contributed by atoms with Gasteiger partial charge in [0.15, 0.2) is 11.8 Å². The normalized spacial score (nSPS) is 15.8. The molecule has 1 atom stereocenters. The fraction of sp³-hybridized carbons (Fsp3) is 0.524. The first-order chi connectivity index (χ1) is 13.4. The van der Waals surface area contributed by atoms with Gasteiger partial charge in [0.25, 0.3) is 5.91 Å². The second kappa shape index (κ2) is 8.54. The monoisotopic (exact) mass is 384 g/mol. The molecule has 0 unspecified atom stereocenters. The van der Waals surface area contributed by atoms with Gasteiger partial charge in [-0.15, -0.1) is 5.10 Å². The molecule has 2 heterocycles. The number of amides is 1. The number of ether oxygens (including phenoxy) is 1. The first-order valence-electron chi connectivity index (χ1n) is 9.88. The molecule has 0 N–H and O–H groups in total. The minimum Gasteiger partial charge on any atom is -0.448 e. The Balaban J connectivity index is 1.72. The lowest BCUT2D eigenvalue weighted by Crippen LogP contribution is -2.40. The number of esters is 1. The number of aromatic nitrogens is 3. The number of benzene rings is 1. The number of carbonyl (C=O) groups is 2. The van der Waals surface area contributed by atoms with Gasteiger partial charge in [0, 0.05) is 13.1 Å². The highest BCUT2D eigenvalue weighted by atomic mass is 16.5. The minimum absolute atomic E-state index is 0.135. The van der Waals surface area contributed by atoms with Crippen LogP contribution in [-0.4, -0.2) is 51.0 Å². The lowest BCUT2D eigenvalue weighted by atomic mass is 10.1. The van der Waals surface area contributed by atoms with Gasteiger partial charge in [-0.3, -0.25) is 4.79 Å². The zero-order valence-corrected chi connectivity index (χ0v) is 17.1. The van der Waals surface area contributed by atoms with Crippen molar-refractivity contribution in [2.24, 2.45) is 0 Å². The smallest absolute Gasteiger partial charge is 0.361 e. The van der Waals surface area contributed by atoms with Crippen molar-refractivity contribution in [3.63, 3.8) is 0 Å². The standard InChI is InChI=1S/C21H28N4O3/c1-14-9-10-18(15(2)13-14)25-22-16(3)19(23-25)21(27)28-17(4)20(26)24-11-7-5-6-8-12-24/h9-10,13,17H,5-8,11-12H2,1-4H3/t17-/m1/s1. The Morgan fingerprint density at radius 3 is 2.36 bits per heavy atom. The van der Waals surface area contributed by atoms with Gasteiger partial charge in [-0.25, -0.2) is 4.79 Å². The van der Waals surface area contributed by atoms with Crippen LogP contribution in [0.2, 0.25) is 0 Å². The second-order valence-electron chi connectivity index (χ2n) is 7.50. The fourth-order valence-electron chi connectivity index (χ4n) is 3.52. The number of likely N-dealkylation sites (tertiary alicyclic amines) is 1. The van der Waals surface area contributed by atoms with Crippen LogP contribution >= 0.6 is 0 Å². The van der Waals surface area contributed by atoms with Crippen LogP contribution in [-0.2, 0) is 9.53 Å². The van der Waals surface area contributed by atoms with E-state index in [-0.39, 0.29) is 11.6 Å². The molecule has 1 aromatic carbocycles. The lowest BCUT2D eigenvalue weighted by Gasteiger charge is -2.23. The van der Waals surface area contributed by atoms with Gasteiger partial charge in [0.1, 0.15) is 0 Å². The number of hydrogen-bond acceptors (Lipinski definition) is 5. The van der Waals surface area contributed by atoms with Crippen molar-refractivity contribution in [2.45, 2.75) is 59.5 Å². The second-order valence-corrected chi connectivity index (χ2v) is 7.50. The van der Waals surface area contributed by atoms with E-state index in [1.807, 2.05) is 32.0 Å². The lowest BCUT2D eigenvalue weighted by molar-refractivity contribution is -0.139. The summed E-state index contributed by atoms with van der Waals surface area (Å²) in [6.45, 7) is 8.77. The zero-order chi connectivity index (χ0) is 20.3. The molecule has 7 heteroatoms. The van der Waals surface area contributed by atoms with Gasteiger partial charge in [0.05, 0.1) is 11.4 Å². The van der Waals surface area contributed by atoms with Crippen molar-refractivity contribution >= 4 is 11.9 Å². The Kier molecular flexibility index (Phi) is 6.11. The van der Waals surface area contributed by atoms with Gasteiger partial charge < -0.3 is 9.64 Å². The van der Waals surface area contributed by atoms with Gasteiger partial charge in [-0.2, -0.15) is 9.90 Å². The molecular weight excluding hydrogens is 356 g/mol. The van der Waals surface area contributed by atoms with E-state index in [0.29, 0.717) is 5.69 Å². The maximum atomic E-state index is 12.6. The average Bonchev–Trinajstić information content (AvgIpc) is 2.86. The third kappa shape index (κ3) is 4.40. The van der Waals surface area contributed by atoms with Crippen molar-refractivity contribution in [1.82, 2.24) is 19.9 Å². The molecular formula is C21H28N4O3. The van der Waals surface area contributed by atoms with E-state index in [0.717, 1.165) is 55.6 Å². The molecule has 0 bridgehead atoms. The largest absolute Gasteiger partial charge is 0.448 e. The summed E-state index contributed by atoms with van der Waals surface area (Å²) < 4.78 is 5.43. The number of nitrogens with zero attached hydrogens (tertiary/aromatic N) is 4. The molecule has 150 valence electrons. The molecule has 1 amide bonds. The van der Waals surface area contributed by atoms with E-state index in [1.54, 1.807) is 18.7 Å². The third-order valence-corrected chi connectivity index (χ3v) is 5.09. The highest BCUT2D eigenvalue weighted by Crippen LogP contribution is 2.17. The number of rotatable bonds is 4. The summed E-state index contributed by atoms with van der Waals surface area (Å²) in [7, 11) is 0. The summed E-state index contributed by atoms with van der Waals surface area (Å²) in [6, 6.07) is 5.93. The molecule has 0 saturated carbocycles. The van der Waals surface area contributed by atoms with E-state index in [9.17, 15) is 9.59 Å². The van der Waals surface area contributed by atoms with Crippen molar-refractivity contribution < 1.29 is 14.3 Å². The average molecular weight is 384 g/mol. The molecule has 7 nitrogen and oxygen atoms in total. The van der Waals surface area contributed by atoms with E-state index in [2.05, 4.69) is 10.2 Å². The highest BCUT2D eigenvalue weighted by Gasteiger charge is 2.27. The Morgan fingerprint density at radius 2 is 1.71 bits per heavy atom. The Morgan fingerprint density at radius 1 is 1.04 bits per heavy atom.